The summed E-state index contributed by atoms with van der Waals surface area (Å²) in [5, 5.41) is 9.95. The molecular weight excluding hydrogens is 825 g/mol. The summed E-state index contributed by atoms with van der Waals surface area (Å²) in [5.74, 6) is -3.60. The molecule has 1 saturated heterocycles. The Morgan fingerprint density at radius 1 is 0.516 bits per heavy atom. The fourth-order valence-electron chi connectivity index (χ4n) is 7.64. The number of rotatable bonds is 36. The van der Waals surface area contributed by atoms with Gasteiger partial charge in [-0.2, -0.15) is 0 Å². The standard InChI is InChI=1S/C49H84N2O13/c1-5-8-11-14-17-20-23-44(53)59-35-39(34-52)28-47(56)63-42-26-27-43(33-51(32-42)49(58)62-38-41-30-50(4)31-41)64-48(57)29-40(36-60-45(54)24-21-18-15-12-9-6-2)37-61-46(55)25-22-19-16-13-10-7-3/h26-27,39-43,52H,5-25,28-38H2,1-4H3/t39?,42-,43+/m0/s1. The van der Waals surface area contributed by atoms with Gasteiger partial charge in [0.25, 0.3) is 0 Å². The third kappa shape index (κ3) is 27.6. The first-order valence-corrected chi connectivity index (χ1v) is 24.7. The topological polar surface area (TPSA) is 185 Å². The molecular formula is C49H84N2O13. The Kier molecular flexibility index (Phi) is 31.3. The van der Waals surface area contributed by atoms with Crippen LogP contribution in [0.15, 0.2) is 12.2 Å². The molecule has 15 nitrogen and oxygen atoms in total. The third-order valence-corrected chi connectivity index (χ3v) is 11.6. The molecule has 0 aromatic rings. The van der Waals surface area contributed by atoms with Gasteiger partial charge in [-0.05, 0) is 38.5 Å². The summed E-state index contributed by atoms with van der Waals surface area (Å²) < 4.78 is 33.7. The SMILES string of the molecule is CCCCCCCCC(=O)OCC(COC(=O)CCCCCCCC)CC(=O)O[C@@H]1C=C[C@H](OC(=O)CC(CO)COC(=O)CCCCCCCC)CN(C(=O)OCC2CN(C)C2)C1. The van der Waals surface area contributed by atoms with Crippen molar-refractivity contribution in [3.8, 4) is 0 Å². The van der Waals surface area contributed by atoms with Gasteiger partial charge in [0.05, 0.1) is 52.4 Å². The fraction of sp³-hybridized carbons (Fsp3) is 0.837. The minimum Gasteiger partial charge on any atom is -0.465 e. The number of unbranched alkanes of at least 4 members (excludes halogenated alkanes) is 15. The van der Waals surface area contributed by atoms with Crippen LogP contribution in [-0.4, -0.2) is 129 Å². The van der Waals surface area contributed by atoms with E-state index < -0.39 is 48.7 Å². The molecule has 1 fully saturated rings. The van der Waals surface area contributed by atoms with Crippen molar-refractivity contribution in [3.05, 3.63) is 12.2 Å². The van der Waals surface area contributed by atoms with Gasteiger partial charge in [-0.1, -0.05) is 117 Å². The zero-order valence-corrected chi connectivity index (χ0v) is 39.9. The van der Waals surface area contributed by atoms with Crippen LogP contribution in [-0.2, 0) is 52.4 Å². The number of esters is 5. The predicted octanol–water partition coefficient (Wildman–Crippen LogP) is 8.27. The maximum Gasteiger partial charge on any atom is 0.410 e. The van der Waals surface area contributed by atoms with Crippen molar-refractivity contribution in [3.63, 3.8) is 0 Å². The second kappa shape index (κ2) is 35.5. The van der Waals surface area contributed by atoms with Crippen LogP contribution in [0.5, 0.6) is 0 Å². The summed E-state index contributed by atoms with van der Waals surface area (Å²) in [6.07, 6.45) is 19.3. The molecule has 2 heterocycles. The molecule has 0 radical (unpaired) electrons. The quantitative estimate of drug-likeness (QED) is 0.0274. The number of aliphatic hydroxyl groups excluding tert-OH is 1. The molecule has 0 aromatic heterocycles. The highest BCUT2D eigenvalue weighted by molar-refractivity contribution is 5.73. The summed E-state index contributed by atoms with van der Waals surface area (Å²) in [5.41, 5.74) is 0. The summed E-state index contributed by atoms with van der Waals surface area (Å²) in [4.78, 5) is 81.0. The zero-order valence-electron chi connectivity index (χ0n) is 39.9. The lowest BCUT2D eigenvalue weighted by molar-refractivity contribution is -0.156. The van der Waals surface area contributed by atoms with E-state index in [0.29, 0.717) is 12.8 Å². The zero-order chi connectivity index (χ0) is 46.8. The molecule has 2 aliphatic rings. The molecule has 0 aromatic carbocycles. The van der Waals surface area contributed by atoms with E-state index in [-0.39, 0.29) is 95.4 Å². The molecule has 0 bridgehead atoms. The van der Waals surface area contributed by atoms with Crippen LogP contribution in [0.2, 0.25) is 0 Å². The smallest absolute Gasteiger partial charge is 0.410 e. The lowest BCUT2D eigenvalue weighted by Gasteiger charge is -2.36. The monoisotopic (exact) mass is 909 g/mol. The Balaban J connectivity index is 2.04. The molecule has 2 rings (SSSR count). The van der Waals surface area contributed by atoms with Crippen LogP contribution in [0.3, 0.4) is 0 Å². The minimum absolute atomic E-state index is 0.0809. The molecule has 1 unspecified atom stereocenters. The molecule has 15 heteroatoms. The molecule has 0 spiro atoms. The maximum absolute atomic E-state index is 13.5. The van der Waals surface area contributed by atoms with Crippen molar-refractivity contribution < 1.29 is 62.3 Å². The van der Waals surface area contributed by atoms with E-state index in [4.69, 9.17) is 28.4 Å². The van der Waals surface area contributed by atoms with E-state index >= 15 is 0 Å². The van der Waals surface area contributed by atoms with Gasteiger partial charge in [0.1, 0.15) is 12.2 Å². The van der Waals surface area contributed by atoms with Gasteiger partial charge in [0.15, 0.2) is 0 Å². The van der Waals surface area contributed by atoms with Gasteiger partial charge in [0, 0.05) is 56.7 Å². The van der Waals surface area contributed by atoms with E-state index in [1.54, 1.807) is 12.2 Å². The average molecular weight is 909 g/mol. The Morgan fingerprint density at radius 2 is 0.891 bits per heavy atom. The van der Waals surface area contributed by atoms with Crippen molar-refractivity contribution in [2.75, 3.05) is 66.3 Å². The van der Waals surface area contributed by atoms with E-state index in [1.807, 2.05) is 7.05 Å². The van der Waals surface area contributed by atoms with Crippen LogP contribution in [0, 0.1) is 17.8 Å². The first kappa shape index (κ1) is 56.4. The maximum atomic E-state index is 13.5. The van der Waals surface area contributed by atoms with Crippen LogP contribution < -0.4 is 0 Å². The van der Waals surface area contributed by atoms with Gasteiger partial charge < -0.3 is 43.3 Å². The second-order valence-electron chi connectivity index (χ2n) is 17.9. The van der Waals surface area contributed by atoms with E-state index in [0.717, 1.165) is 109 Å². The molecule has 0 aliphatic carbocycles. The van der Waals surface area contributed by atoms with Crippen molar-refractivity contribution >= 4 is 35.9 Å². The largest absolute Gasteiger partial charge is 0.465 e. The van der Waals surface area contributed by atoms with Crippen LogP contribution in [0.25, 0.3) is 0 Å². The van der Waals surface area contributed by atoms with Gasteiger partial charge in [-0.25, -0.2) is 4.79 Å². The summed E-state index contributed by atoms with van der Waals surface area (Å²) in [7, 11) is 1.98. The average Bonchev–Trinajstić information content (AvgIpc) is 3.46. The fourth-order valence-corrected chi connectivity index (χ4v) is 7.64. The number of hydrogen-bond donors (Lipinski definition) is 1. The first-order valence-electron chi connectivity index (χ1n) is 24.7. The highest BCUT2D eigenvalue weighted by Gasteiger charge is 2.32. The lowest BCUT2D eigenvalue weighted by atomic mass is 10.0. The molecule has 0 saturated carbocycles. The minimum atomic E-state index is -0.944. The number of aliphatic hydroxyl groups is 1. The molecule has 3 atom stereocenters. The van der Waals surface area contributed by atoms with Crippen molar-refractivity contribution in [1.82, 2.24) is 9.80 Å². The lowest BCUT2D eigenvalue weighted by Crippen LogP contribution is -2.48. The third-order valence-electron chi connectivity index (χ3n) is 11.6. The molecule has 1 N–H and O–H groups in total. The highest BCUT2D eigenvalue weighted by Crippen LogP contribution is 2.19. The van der Waals surface area contributed by atoms with Crippen LogP contribution >= 0.6 is 0 Å². The van der Waals surface area contributed by atoms with Gasteiger partial charge >= 0.3 is 35.9 Å². The van der Waals surface area contributed by atoms with Crippen molar-refractivity contribution in [2.24, 2.45) is 17.8 Å². The summed E-state index contributed by atoms with van der Waals surface area (Å²) >= 11 is 0. The summed E-state index contributed by atoms with van der Waals surface area (Å²) in [6, 6.07) is 0. The normalized spacial score (nSPS) is 17.0. The molecule has 2 aliphatic heterocycles. The number of ether oxygens (including phenoxy) is 6. The van der Waals surface area contributed by atoms with Crippen molar-refractivity contribution in [2.45, 2.75) is 181 Å². The van der Waals surface area contributed by atoms with Crippen LogP contribution in [0.4, 0.5) is 4.79 Å². The van der Waals surface area contributed by atoms with Crippen LogP contribution in [0.1, 0.15) is 168 Å². The Bertz CT molecular complexity index is 1320. The Hall–Kier alpha value is -3.72. The first-order chi connectivity index (χ1) is 31.0. The Morgan fingerprint density at radius 3 is 1.28 bits per heavy atom. The van der Waals surface area contributed by atoms with E-state index in [2.05, 4.69) is 25.7 Å². The van der Waals surface area contributed by atoms with Gasteiger partial charge in [0.2, 0.25) is 0 Å². The highest BCUT2D eigenvalue weighted by atomic mass is 16.6. The van der Waals surface area contributed by atoms with Crippen molar-refractivity contribution in [1.29, 1.82) is 0 Å². The van der Waals surface area contributed by atoms with Gasteiger partial charge in [-0.3, -0.25) is 24.0 Å². The molecule has 368 valence electrons. The number of amides is 1. The van der Waals surface area contributed by atoms with E-state index in [1.165, 1.54) is 11.3 Å². The number of hydrogen-bond acceptors (Lipinski definition) is 14. The van der Waals surface area contributed by atoms with Gasteiger partial charge in [-0.15, -0.1) is 0 Å². The number of carbonyl (C=O) groups is 6. The summed E-state index contributed by atoms with van der Waals surface area (Å²) in [6.45, 7) is 7.28. The second-order valence-corrected chi connectivity index (χ2v) is 17.9. The molecule has 64 heavy (non-hydrogen) atoms. The number of nitrogens with zero attached hydrogens (tertiary/aromatic N) is 2. The number of likely N-dealkylation sites (tertiary alicyclic amines) is 1. The predicted molar refractivity (Wildman–Crippen MR) is 243 cm³/mol. The molecule has 1 amide bonds. The Labute approximate surface area is 384 Å². The number of carbonyl (C=O) groups excluding carboxylic acids is 6. The van der Waals surface area contributed by atoms with E-state index in [9.17, 15) is 33.9 Å².